The van der Waals surface area contributed by atoms with Crippen LogP contribution in [0.25, 0.3) is 0 Å². The number of benzene rings is 1. The van der Waals surface area contributed by atoms with Crippen LogP contribution in [0.4, 0.5) is 0 Å². The third-order valence-corrected chi connectivity index (χ3v) is 4.61. The first-order valence-electron chi connectivity index (χ1n) is 7.54. The minimum Gasteiger partial charge on any atom is -0.369 e. The highest BCUT2D eigenvalue weighted by Gasteiger charge is 2.09. The molecule has 2 nitrogen and oxygen atoms in total. The van der Waals surface area contributed by atoms with Crippen molar-refractivity contribution in [1.29, 1.82) is 0 Å². The summed E-state index contributed by atoms with van der Waals surface area (Å²) in [7, 11) is 0. The van der Waals surface area contributed by atoms with Crippen LogP contribution >= 0.6 is 11.3 Å². The maximum atomic E-state index is 6.02. The van der Waals surface area contributed by atoms with Gasteiger partial charge in [-0.25, -0.2) is 0 Å². The van der Waals surface area contributed by atoms with Gasteiger partial charge in [-0.3, -0.25) is 0 Å². The van der Waals surface area contributed by atoms with Gasteiger partial charge in [0.25, 0.3) is 0 Å². The van der Waals surface area contributed by atoms with E-state index in [0.29, 0.717) is 12.6 Å². The molecule has 3 heteroatoms. The van der Waals surface area contributed by atoms with E-state index in [0.717, 1.165) is 6.54 Å². The third kappa shape index (κ3) is 4.95. The van der Waals surface area contributed by atoms with Crippen molar-refractivity contribution in [3.63, 3.8) is 0 Å². The van der Waals surface area contributed by atoms with E-state index in [9.17, 15) is 0 Å². The molecule has 0 aliphatic carbocycles. The van der Waals surface area contributed by atoms with Crippen molar-refractivity contribution in [3.8, 4) is 0 Å². The van der Waals surface area contributed by atoms with E-state index >= 15 is 0 Å². The Morgan fingerprint density at radius 2 is 1.86 bits per heavy atom. The van der Waals surface area contributed by atoms with Gasteiger partial charge in [-0.15, -0.1) is 11.3 Å². The highest BCUT2D eigenvalue weighted by Crippen LogP contribution is 2.25. The summed E-state index contributed by atoms with van der Waals surface area (Å²) in [6.07, 6.45) is 0.128. The molecule has 21 heavy (non-hydrogen) atoms. The first kappa shape index (κ1) is 16.2. The van der Waals surface area contributed by atoms with E-state index in [1.807, 2.05) is 17.4 Å². The lowest BCUT2D eigenvalue weighted by Gasteiger charge is -2.13. The van der Waals surface area contributed by atoms with Crippen LogP contribution in [0.3, 0.4) is 0 Å². The van der Waals surface area contributed by atoms with Gasteiger partial charge in [0.05, 0.1) is 12.7 Å². The molecule has 0 amide bonds. The van der Waals surface area contributed by atoms with E-state index < -0.39 is 0 Å². The predicted molar refractivity (Wildman–Crippen MR) is 90.7 cm³/mol. The van der Waals surface area contributed by atoms with Gasteiger partial charge in [-0.1, -0.05) is 44.2 Å². The molecule has 1 heterocycles. The second kappa shape index (κ2) is 7.74. The van der Waals surface area contributed by atoms with Gasteiger partial charge < -0.3 is 10.1 Å². The number of hydrogen-bond acceptors (Lipinski definition) is 3. The van der Waals surface area contributed by atoms with Crippen LogP contribution in [-0.2, 0) is 17.9 Å². The van der Waals surface area contributed by atoms with E-state index in [-0.39, 0.29) is 6.10 Å². The minimum absolute atomic E-state index is 0.128. The van der Waals surface area contributed by atoms with Gasteiger partial charge in [-0.2, -0.15) is 0 Å². The predicted octanol–water partition coefficient (Wildman–Crippen LogP) is 4.83. The number of rotatable bonds is 7. The van der Waals surface area contributed by atoms with Gasteiger partial charge >= 0.3 is 0 Å². The Morgan fingerprint density at radius 3 is 2.52 bits per heavy atom. The van der Waals surface area contributed by atoms with Crippen LogP contribution in [0.2, 0.25) is 0 Å². The minimum atomic E-state index is 0.128. The molecule has 1 atom stereocenters. The molecule has 2 rings (SSSR count). The molecule has 114 valence electrons. The average molecular weight is 303 g/mol. The maximum Gasteiger partial charge on any atom is 0.0801 e. The van der Waals surface area contributed by atoms with Crippen molar-refractivity contribution in [2.45, 2.75) is 53.0 Å². The molecule has 2 aromatic rings. The molecule has 0 saturated carbocycles. The summed E-state index contributed by atoms with van der Waals surface area (Å²) in [6, 6.07) is 13.2. The van der Waals surface area contributed by atoms with Gasteiger partial charge in [0.15, 0.2) is 0 Å². The van der Waals surface area contributed by atoms with Crippen LogP contribution in [0.1, 0.15) is 47.8 Å². The van der Waals surface area contributed by atoms with Gasteiger partial charge in [-0.05, 0) is 31.0 Å². The Hall–Kier alpha value is -1.16. The summed E-state index contributed by atoms with van der Waals surface area (Å²) in [5.74, 6) is 0. The van der Waals surface area contributed by atoms with Crippen molar-refractivity contribution < 1.29 is 4.74 Å². The van der Waals surface area contributed by atoms with E-state index in [1.54, 1.807) is 0 Å². The highest BCUT2D eigenvalue weighted by atomic mass is 32.1. The number of ether oxygens (including phenoxy) is 1. The smallest absolute Gasteiger partial charge is 0.0801 e. The standard InChI is InChI=1S/C18H25NOS/c1-13(2)19-11-18-10-17(15(4)21-18)12-20-14(3)16-8-6-5-7-9-16/h5-10,13-14,19H,11-12H2,1-4H3. The molecular formula is C18H25NOS. The van der Waals surface area contributed by atoms with E-state index in [2.05, 4.69) is 63.3 Å². The Morgan fingerprint density at radius 1 is 1.14 bits per heavy atom. The largest absolute Gasteiger partial charge is 0.369 e. The SMILES string of the molecule is Cc1sc(CNC(C)C)cc1COC(C)c1ccccc1. The van der Waals surface area contributed by atoms with Crippen molar-refractivity contribution in [2.24, 2.45) is 0 Å². The topological polar surface area (TPSA) is 21.3 Å². The van der Waals surface area contributed by atoms with Crippen molar-refractivity contribution in [2.75, 3.05) is 0 Å². The number of thiophene rings is 1. The summed E-state index contributed by atoms with van der Waals surface area (Å²) in [5.41, 5.74) is 2.54. The summed E-state index contributed by atoms with van der Waals surface area (Å²) in [4.78, 5) is 2.74. The van der Waals surface area contributed by atoms with Crippen LogP contribution in [0.15, 0.2) is 36.4 Å². The first-order chi connectivity index (χ1) is 10.1. The molecule has 0 bridgehead atoms. The fourth-order valence-corrected chi connectivity index (χ4v) is 3.16. The summed E-state index contributed by atoms with van der Waals surface area (Å²) >= 11 is 1.86. The first-order valence-corrected chi connectivity index (χ1v) is 8.36. The number of nitrogens with one attached hydrogen (secondary N) is 1. The van der Waals surface area contributed by atoms with Gasteiger partial charge in [0, 0.05) is 22.3 Å². The van der Waals surface area contributed by atoms with Gasteiger partial charge in [0.1, 0.15) is 0 Å². The molecule has 0 aliphatic rings. The van der Waals surface area contributed by atoms with Crippen LogP contribution in [0.5, 0.6) is 0 Å². The maximum absolute atomic E-state index is 6.02. The lowest BCUT2D eigenvalue weighted by molar-refractivity contribution is 0.0525. The molecule has 0 saturated heterocycles. The summed E-state index contributed by atoms with van der Waals surface area (Å²) < 4.78 is 6.02. The monoisotopic (exact) mass is 303 g/mol. The fourth-order valence-electron chi connectivity index (χ4n) is 2.16. The molecule has 1 aromatic heterocycles. The second-order valence-corrected chi connectivity index (χ2v) is 7.03. The van der Waals surface area contributed by atoms with Crippen molar-refractivity contribution >= 4 is 11.3 Å². The zero-order chi connectivity index (χ0) is 15.2. The fraction of sp³-hybridized carbons (Fsp3) is 0.444. The van der Waals surface area contributed by atoms with Crippen molar-refractivity contribution in [3.05, 3.63) is 57.3 Å². The Labute approximate surface area is 132 Å². The average Bonchev–Trinajstić information content (AvgIpc) is 2.84. The zero-order valence-electron chi connectivity index (χ0n) is 13.3. The van der Waals surface area contributed by atoms with Crippen molar-refractivity contribution in [1.82, 2.24) is 5.32 Å². The number of aryl methyl sites for hydroxylation is 1. The summed E-state index contributed by atoms with van der Waals surface area (Å²) in [5, 5.41) is 3.46. The quantitative estimate of drug-likeness (QED) is 0.791. The summed E-state index contributed by atoms with van der Waals surface area (Å²) in [6.45, 7) is 10.3. The van der Waals surface area contributed by atoms with Crippen LogP contribution in [-0.4, -0.2) is 6.04 Å². The normalized spacial score (nSPS) is 12.8. The Bertz CT molecular complexity index is 548. The van der Waals surface area contributed by atoms with E-state index in [1.165, 1.54) is 20.9 Å². The molecule has 0 spiro atoms. The Balaban J connectivity index is 1.91. The molecule has 0 aliphatic heterocycles. The van der Waals surface area contributed by atoms with Crippen LogP contribution in [0, 0.1) is 6.92 Å². The van der Waals surface area contributed by atoms with Gasteiger partial charge in [0.2, 0.25) is 0 Å². The number of hydrogen-bond donors (Lipinski definition) is 1. The molecule has 1 unspecified atom stereocenters. The third-order valence-electron chi connectivity index (χ3n) is 3.51. The second-order valence-electron chi connectivity index (χ2n) is 5.69. The zero-order valence-corrected chi connectivity index (χ0v) is 14.2. The molecule has 0 radical (unpaired) electrons. The molecule has 1 N–H and O–H groups in total. The Kier molecular flexibility index (Phi) is 5.97. The molecule has 0 fully saturated rings. The van der Waals surface area contributed by atoms with Crippen LogP contribution < -0.4 is 5.32 Å². The van der Waals surface area contributed by atoms with E-state index in [4.69, 9.17) is 4.74 Å². The lowest BCUT2D eigenvalue weighted by atomic mass is 10.1. The molecule has 1 aromatic carbocycles. The molecular weight excluding hydrogens is 278 g/mol. The highest BCUT2D eigenvalue weighted by molar-refractivity contribution is 7.12. The lowest BCUT2D eigenvalue weighted by Crippen LogP contribution is -2.21.